The van der Waals surface area contributed by atoms with Gasteiger partial charge < -0.3 is 9.84 Å². The van der Waals surface area contributed by atoms with Gasteiger partial charge in [0, 0.05) is 12.7 Å². The van der Waals surface area contributed by atoms with E-state index in [2.05, 4.69) is 0 Å². The topological polar surface area (TPSA) is 49.8 Å². The van der Waals surface area contributed by atoms with Gasteiger partial charge in [-0.3, -0.25) is 4.90 Å². The predicted octanol–water partition coefficient (Wildman–Crippen LogP) is 3.78. The molecule has 1 N–H and O–H groups in total. The average molecular weight is 291 g/mol. The molecule has 0 aliphatic rings. The Labute approximate surface area is 114 Å². The van der Waals surface area contributed by atoms with E-state index in [-0.39, 0.29) is 5.69 Å². The Morgan fingerprint density at radius 3 is 2.25 bits per heavy atom. The van der Waals surface area contributed by atoms with Gasteiger partial charge in [-0.1, -0.05) is 0 Å². The van der Waals surface area contributed by atoms with Crippen LogP contribution in [-0.2, 0) is 10.9 Å². The minimum Gasteiger partial charge on any atom is -0.507 e. The van der Waals surface area contributed by atoms with Crippen molar-refractivity contribution in [3.8, 4) is 5.75 Å². The molecule has 0 atom stereocenters. The van der Waals surface area contributed by atoms with E-state index in [0.29, 0.717) is 6.07 Å². The summed E-state index contributed by atoms with van der Waals surface area (Å²) in [6.45, 7) is 4.95. The number of hydrogen-bond donors (Lipinski definition) is 1. The molecule has 1 aromatic rings. The summed E-state index contributed by atoms with van der Waals surface area (Å²) in [6, 6.07) is 2.78. The van der Waals surface area contributed by atoms with Gasteiger partial charge in [-0.2, -0.15) is 13.2 Å². The van der Waals surface area contributed by atoms with Crippen molar-refractivity contribution in [2.75, 3.05) is 11.9 Å². The summed E-state index contributed by atoms with van der Waals surface area (Å²) >= 11 is 0. The smallest absolute Gasteiger partial charge is 0.420 e. The van der Waals surface area contributed by atoms with Crippen LogP contribution in [0, 0.1) is 0 Å². The number of carbonyl (C=O) groups excluding carboxylic acids is 1. The van der Waals surface area contributed by atoms with Gasteiger partial charge in [0.25, 0.3) is 0 Å². The standard InChI is InChI=1S/C13H16F3NO3/c1-12(2,3)20-11(19)17(4)8-5-6-10(18)9(7-8)13(14,15)16/h5-7,18H,1-4H3. The lowest BCUT2D eigenvalue weighted by molar-refractivity contribution is -0.138. The molecule has 1 rings (SSSR count). The van der Waals surface area contributed by atoms with Crippen LogP contribution >= 0.6 is 0 Å². The number of alkyl halides is 3. The van der Waals surface area contributed by atoms with E-state index in [9.17, 15) is 23.1 Å². The second-order valence-electron chi connectivity index (χ2n) is 5.24. The molecule has 0 fully saturated rings. The maximum absolute atomic E-state index is 12.7. The molecule has 0 heterocycles. The van der Waals surface area contributed by atoms with E-state index in [1.165, 1.54) is 13.1 Å². The van der Waals surface area contributed by atoms with Gasteiger partial charge in [0.05, 0.1) is 5.56 Å². The highest BCUT2D eigenvalue weighted by Crippen LogP contribution is 2.37. The number of amides is 1. The molecule has 20 heavy (non-hydrogen) atoms. The van der Waals surface area contributed by atoms with Gasteiger partial charge in [0.1, 0.15) is 11.4 Å². The first-order valence-corrected chi connectivity index (χ1v) is 5.79. The zero-order valence-corrected chi connectivity index (χ0v) is 11.6. The van der Waals surface area contributed by atoms with Crippen molar-refractivity contribution >= 4 is 11.8 Å². The van der Waals surface area contributed by atoms with Gasteiger partial charge in [-0.15, -0.1) is 0 Å². The van der Waals surface area contributed by atoms with Crippen LogP contribution < -0.4 is 4.90 Å². The van der Waals surface area contributed by atoms with E-state index >= 15 is 0 Å². The van der Waals surface area contributed by atoms with Crippen molar-refractivity contribution in [3.63, 3.8) is 0 Å². The first-order chi connectivity index (χ1) is 8.92. The molecule has 7 heteroatoms. The number of halogens is 3. The van der Waals surface area contributed by atoms with Gasteiger partial charge in [-0.25, -0.2) is 4.79 Å². The highest BCUT2D eigenvalue weighted by atomic mass is 19.4. The van der Waals surface area contributed by atoms with Crippen LogP contribution in [0.15, 0.2) is 18.2 Å². The van der Waals surface area contributed by atoms with Crippen LogP contribution in [0.3, 0.4) is 0 Å². The first-order valence-electron chi connectivity index (χ1n) is 5.79. The van der Waals surface area contributed by atoms with Crippen molar-refractivity contribution in [2.45, 2.75) is 32.5 Å². The third kappa shape index (κ3) is 4.04. The zero-order valence-electron chi connectivity index (χ0n) is 11.6. The third-order valence-electron chi connectivity index (χ3n) is 2.34. The average Bonchev–Trinajstić information content (AvgIpc) is 2.24. The molecule has 4 nitrogen and oxygen atoms in total. The van der Waals surface area contributed by atoms with Crippen LogP contribution in [0.5, 0.6) is 5.75 Å². The summed E-state index contributed by atoms with van der Waals surface area (Å²) in [6.07, 6.45) is -5.48. The normalized spacial score (nSPS) is 12.2. The Kier molecular flexibility index (Phi) is 4.21. The zero-order chi connectivity index (χ0) is 15.7. The number of phenols is 1. The molecule has 0 bridgehead atoms. The maximum Gasteiger partial charge on any atom is 0.420 e. The summed E-state index contributed by atoms with van der Waals surface area (Å²) in [5, 5.41) is 9.22. The highest BCUT2D eigenvalue weighted by molar-refractivity contribution is 5.87. The van der Waals surface area contributed by atoms with Crippen LogP contribution in [0.25, 0.3) is 0 Å². The molecule has 0 aromatic heterocycles. The Morgan fingerprint density at radius 1 is 1.25 bits per heavy atom. The fourth-order valence-corrected chi connectivity index (χ4v) is 1.40. The van der Waals surface area contributed by atoms with E-state index in [4.69, 9.17) is 4.74 Å². The van der Waals surface area contributed by atoms with Crippen LogP contribution in [0.1, 0.15) is 26.3 Å². The number of phenolic OH excluding ortho intramolecular Hbond substituents is 1. The molecule has 0 spiro atoms. The Balaban J connectivity index is 3.06. The highest BCUT2D eigenvalue weighted by Gasteiger charge is 2.34. The van der Waals surface area contributed by atoms with Crippen LogP contribution in [0.2, 0.25) is 0 Å². The Morgan fingerprint density at radius 2 is 1.80 bits per heavy atom. The lowest BCUT2D eigenvalue weighted by atomic mass is 10.1. The van der Waals surface area contributed by atoms with Gasteiger partial charge in [0.15, 0.2) is 0 Å². The molecule has 1 aromatic carbocycles. The van der Waals surface area contributed by atoms with Crippen molar-refractivity contribution in [1.82, 2.24) is 0 Å². The molecule has 0 unspecified atom stereocenters. The monoisotopic (exact) mass is 291 g/mol. The van der Waals surface area contributed by atoms with E-state index in [0.717, 1.165) is 11.0 Å². The fourth-order valence-electron chi connectivity index (χ4n) is 1.40. The number of anilines is 1. The lowest BCUT2D eigenvalue weighted by Crippen LogP contribution is -2.34. The van der Waals surface area contributed by atoms with Crippen LogP contribution in [0.4, 0.5) is 23.7 Å². The molecular formula is C13H16F3NO3. The minimum atomic E-state index is -4.70. The number of nitrogens with zero attached hydrogens (tertiary/aromatic N) is 1. The van der Waals surface area contributed by atoms with Crippen molar-refractivity contribution in [3.05, 3.63) is 23.8 Å². The first kappa shape index (κ1) is 16.1. The summed E-state index contributed by atoms with van der Waals surface area (Å²) in [7, 11) is 1.29. The third-order valence-corrected chi connectivity index (χ3v) is 2.34. The van der Waals surface area contributed by atoms with Crippen molar-refractivity contribution in [1.29, 1.82) is 0 Å². The van der Waals surface area contributed by atoms with Crippen LogP contribution in [-0.4, -0.2) is 23.8 Å². The number of aromatic hydroxyl groups is 1. The number of benzene rings is 1. The SMILES string of the molecule is CN(C(=O)OC(C)(C)C)c1ccc(O)c(C(F)(F)F)c1. The summed E-state index contributed by atoms with van der Waals surface area (Å²) in [5.41, 5.74) is -1.98. The number of ether oxygens (including phenoxy) is 1. The molecule has 0 saturated carbocycles. The van der Waals surface area contributed by atoms with E-state index < -0.39 is 29.2 Å². The summed E-state index contributed by atoms with van der Waals surface area (Å²) < 4.78 is 43.1. The largest absolute Gasteiger partial charge is 0.507 e. The number of rotatable bonds is 1. The molecular weight excluding hydrogens is 275 g/mol. The van der Waals surface area contributed by atoms with E-state index in [1.807, 2.05) is 0 Å². The molecule has 1 amide bonds. The molecule has 0 aliphatic carbocycles. The second kappa shape index (κ2) is 5.22. The number of carbonyl (C=O) groups is 1. The fraction of sp³-hybridized carbons (Fsp3) is 0.462. The molecule has 0 aliphatic heterocycles. The van der Waals surface area contributed by atoms with Gasteiger partial charge in [0.2, 0.25) is 0 Å². The Hall–Kier alpha value is -1.92. The molecule has 0 radical (unpaired) electrons. The summed E-state index contributed by atoms with van der Waals surface area (Å²) in [4.78, 5) is 12.7. The molecule has 0 saturated heterocycles. The predicted molar refractivity (Wildman–Crippen MR) is 67.7 cm³/mol. The van der Waals surface area contributed by atoms with Gasteiger partial charge in [-0.05, 0) is 39.0 Å². The second-order valence-corrected chi connectivity index (χ2v) is 5.24. The van der Waals surface area contributed by atoms with Crippen molar-refractivity contribution < 1.29 is 27.8 Å². The lowest BCUT2D eigenvalue weighted by Gasteiger charge is -2.25. The number of hydrogen-bond acceptors (Lipinski definition) is 3. The Bertz CT molecular complexity index is 507. The minimum absolute atomic E-state index is 0.0237. The van der Waals surface area contributed by atoms with E-state index in [1.54, 1.807) is 20.8 Å². The quantitative estimate of drug-likeness (QED) is 0.856. The maximum atomic E-state index is 12.7. The molecule has 112 valence electrons. The van der Waals surface area contributed by atoms with Crippen molar-refractivity contribution in [2.24, 2.45) is 0 Å². The summed E-state index contributed by atoms with van der Waals surface area (Å²) in [5.74, 6) is -0.890. The van der Waals surface area contributed by atoms with Gasteiger partial charge >= 0.3 is 12.3 Å².